The van der Waals surface area contributed by atoms with Gasteiger partial charge in [0.05, 0.1) is 0 Å². The molecule has 1 aliphatic rings. The predicted octanol–water partition coefficient (Wildman–Crippen LogP) is 3.21. The van der Waals surface area contributed by atoms with E-state index in [9.17, 15) is 0 Å². The fraction of sp³-hybridized carbons (Fsp3) is 0.647. The Morgan fingerprint density at radius 2 is 1.79 bits per heavy atom. The molecule has 2 nitrogen and oxygen atoms in total. The van der Waals surface area contributed by atoms with Gasteiger partial charge in [-0.25, -0.2) is 0 Å². The molecule has 1 saturated carbocycles. The zero-order valence-electron chi connectivity index (χ0n) is 12.4. The normalized spacial score (nSPS) is 25.5. The van der Waals surface area contributed by atoms with E-state index in [1.807, 2.05) is 0 Å². The molecule has 1 aromatic carbocycles. The van der Waals surface area contributed by atoms with E-state index >= 15 is 0 Å². The van der Waals surface area contributed by atoms with Crippen molar-refractivity contribution in [2.24, 2.45) is 5.73 Å². The van der Waals surface area contributed by atoms with Gasteiger partial charge in [0.1, 0.15) is 0 Å². The van der Waals surface area contributed by atoms with Gasteiger partial charge in [-0.2, -0.15) is 0 Å². The molecule has 19 heavy (non-hydrogen) atoms. The fourth-order valence-electron chi connectivity index (χ4n) is 3.44. The lowest BCUT2D eigenvalue weighted by atomic mass is 9.89. The molecular formula is C17H28N2. The highest BCUT2D eigenvalue weighted by Gasteiger charge is 2.26. The highest BCUT2D eigenvalue weighted by Crippen LogP contribution is 2.24. The minimum Gasteiger partial charge on any atom is -0.328 e. The van der Waals surface area contributed by atoms with Gasteiger partial charge in [0.25, 0.3) is 0 Å². The summed E-state index contributed by atoms with van der Waals surface area (Å²) in [5, 5.41) is 0. The Hall–Kier alpha value is -0.860. The minimum atomic E-state index is 0.444. The van der Waals surface area contributed by atoms with Crippen molar-refractivity contribution in [3.05, 3.63) is 35.9 Å². The van der Waals surface area contributed by atoms with E-state index in [1.54, 1.807) is 0 Å². The minimum absolute atomic E-state index is 0.444. The summed E-state index contributed by atoms with van der Waals surface area (Å²) in [5.74, 6) is 0. The number of nitrogens with zero attached hydrogens (tertiary/aromatic N) is 1. The second kappa shape index (κ2) is 7.06. The third-order valence-electron chi connectivity index (χ3n) is 4.52. The van der Waals surface area contributed by atoms with Crippen LogP contribution < -0.4 is 5.73 Å². The summed E-state index contributed by atoms with van der Waals surface area (Å²) in [6.07, 6.45) is 6.08. The molecule has 1 aliphatic carbocycles. The molecule has 2 rings (SSSR count). The number of likely N-dealkylation sites (N-methyl/N-ethyl adjacent to an activating group) is 1. The van der Waals surface area contributed by atoms with Gasteiger partial charge >= 0.3 is 0 Å². The molecule has 2 heteroatoms. The average molecular weight is 260 g/mol. The molecule has 0 spiro atoms. The van der Waals surface area contributed by atoms with E-state index < -0.39 is 0 Å². The quantitative estimate of drug-likeness (QED) is 0.881. The van der Waals surface area contributed by atoms with Crippen LogP contribution in [0.3, 0.4) is 0 Å². The summed E-state index contributed by atoms with van der Waals surface area (Å²) in [6, 6.07) is 12.6. The molecule has 0 amide bonds. The molecule has 1 fully saturated rings. The molecule has 0 saturated heterocycles. The fourth-order valence-corrected chi connectivity index (χ4v) is 3.44. The summed E-state index contributed by atoms with van der Waals surface area (Å²) in [7, 11) is 0. The van der Waals surface area contributed by atoms with Gasteiger partial charge in [-0.05, 0) is 51.1 Å². The smallest absolute Gasteiger partial charge is 0.0110 e. The number of rotatable bonds is 5. The number of hydrogen-bond donors (Lipinski definition) is 1. The molecule has 0 heterocycles. The molecule has 2 N–H and O–H groups in total. The van der Waals surface area contributed by atoms with E-state index in [0.29, 0.717) is 12.1 Å². The van der Waals surface area contributed by atoms with Crippen molar-refractivity contribution in [1.82, 2.24) is 4.90 Å². The van der Waals surface area contributed by atoms with E-state index in [2.05, 4.69) is 49.1 Å². The van der Waals surface area contributed by atoms with Crippen molar-refractivity contribution in [1.29, 1.82) is 0 Å². The lowest BCUT2D eigenvalue weighted by Gasteiger charge is -2.39. The zero-order chi connectivity index (χ0) is 13.7. The molecule has 106 valence electrons. The Bertz CT molecular complexity index is 355. The topological polar surface area (TPSA) is 29.3 Å². The Morgan fingerprint density at radius 1 is 1.16 bits per heavy atom. The van der Waals surface area contributed by atoms with Crippen LogP contribution in [0.1, 0.15) is 45.1 Å². The Balaban J connectivity index is 1.93. The summed E-state index contributed by atoms with van der Waals surface area (Å²) < 4.78 is 0. The second-order valence-corrected chi connectivity index (χ2v) is 5.94. The van der Waals surface area contributed by atoms with Crippen LogP contribution in [-0.4, -0.2) is 29.6 Å². The number of benzene rings is 1. The van der Waals surface area contributed by atoms with Gasteiger partial charge in [-0.3, -0.25) is 4.90 Å². The third kappa shape index (κ3) is 4.05. The van der Waals surface area contributed by atoms with Gasteiger partial charge in [0.2, 0.25) is 0 Å². The molecule has 0 aromatic heterocycles. The van der Waals surface area contributed by atoms with Gasteiger partial charge in [-0.15, -0.1) is 0 Å². The Kier molecular flexibility index (Phi) is 5.41. The lowest BCUT2D eigenvalue weighted by molar-refractivity contribution is 0.114. The SMILES string of the molecule is CCN(C(C)Cc1ccccc1)C1CCC(N)CC1. The maximum absolute atomic E-state index is 6.02. The molecule has 0 aliphatic heterocycles. The molecule has 1 aromatic rings. The zero-order valence-corrected chi connectivity index (χ0v) is 12.4. The first-order valence-electron chi connectivity index (χ1n) is 7.76. The van der Waals surface area contributed by atoms with Gasteiger partial charge in [-0.1, -0.05) is 37.3 Å². The Labute approximate surface area is 118 Å². The van der Waals surface area contributed by atoms with Crippen LogP contribution in [0.2, 0.25) is 0 Å². The van der Waals surface area contributed by atoms with Crippen molar-refractivity contribution in [3.8, 4) is 0 Å². The first-order chi connectivity index (χ1) is 9.20. The van der Waals surface area contributed by atoms with E-state index in [-0.39, 0.29) is 0 Å². The Morgan fingerprint density at radius 3 is 2.37 bits per heavy atom. The number of hydrogen-bond acceptors (Lipinski definition) is 2. The van der Waals surface area contributed by atoms with Crippen LogP contribution in [0.25, 0.3) is 0 Å². The van der Waals surface area contributed by atoms with Crippen LogP contribution in [-0.2, 0) is 6.42 Å². The second-order valence-electron chi connectivity index (χ2n) is 5.94. The van der Waals surface area contributed by atoms with Crippen LogP contribution >= 0.6 is 0 Å². The molecular weight excluding hydrogens is 232 g/mol. The maximum atomic E-state index is 6.02. The van der Waals surface area contributed by atoms with E-state index in [4.69, 9.17) is 5.73 Å². The summed E-state index contributed by atoms with van der Waals surface area (Å²) in [5.41, 5.74) is 7.47. The standard InChI is InChI=1S/C17H28N2/c1-3-19(17-11-9-16(18)10-12-17)14(2)13-15-7-5-4-6-8-15/h4-8,14,16-17H,3,9-13,18H2,1-2H3. The third-order valence-corrected chi connectivity index (χ3v) is 4.52. The van der Waals surface area contributed by atoms with Crippen LogP contribution in [0.15, 0.2) is 30.3 Å². The molecule has 1 atom stereocenters. The predicted molar refractivity (Wildman–Crippen MR) is 82.2 cm³/mol. The summed E-state index contributed by atoms with van der Waals surface area (Å²) in [6.45, 7) is 5.80. The molecule has 1 unspecified atom stereocenters. The van der Waals surface area contributed by atoms with Crippen LogP contribution in [0.5, 0.6) is 0 Å². The largest absolute Gasteiger partial charge is 0.328 e. The van der Waals surface area contributed by atoms with Crippen LogP contribution in [0.4, 0.5) is 0 Å². The molecule has 0 bridgehead atoms. The van der Waals surface area contributed by atoms with Gasteiger partial charge in [0, 0.05) is 18.1 Å². The van der Waals surface area contributed by atoms with Crippen molar-refractivity contribution in [3.63, 3.8) is 0 Å². The van der Waals surface area contributed by atoms with Gasteiger partial charge in [0.15, 0.2) is 0 Å². The summed E-state index contributed by atoms with van der Waals surface area (Å²) >= 11 is 0. The molecule has 0 radical (unpaired) electrons. The van der Waals surface area contributed by atoms with Gasteiger partial charge < -0.3 is 5.73 Å². The summed E-state index contributed by atoms with van der Waals surface area (Å²) in [4.78, 5) is 2.68. The highest BCUT2D eigenvalue weighted by molar-refractivity contribution is 5.15. The van der Waals surface area contributed by atoms with Crippen molar-refractivity contribution in [2.75, 3.05) is 6.54 Å². The van der Waals surface area contributed by atoms with E-state index in [1.165, 1.54) is 31.2 Å². The van der Waals surface area contributed by atoms with Crippen molar-refractivity contribution >= 4 is 0 Å². The van der Waals surface area contributed by atoms with Crippen molar-refractivity contribution < 1.29 is 0 Å². The first kappa shape index (κ1) is 14.5. The number of nitrogens with two attached hydrogens (primary N) is 1. The van der Waals surface area contributed by atoms with Crippen LogP contribution in [0, 0.1) is 0 Å². The monoisotopic (exact) mass is 260 g/mol. The maximum Gasteiger partial charge on any atom is 0.0110 e. The average Bonchev–Trinajstić information content (AvgIpc) is 2.43. The van der Waals surface area contributed by atoms with Crippen molar-refractivity contribution in [2.45, 2.75) is 64.1 Å². The van der Waals surface area contributed by atoms with E-state index in [0.717, 1.165) is 19.0 Å². The highest BCUT2D eigenvalue weighted by atomic mass is 15.2. The first-order valence-corrected chi connectivity index (χ1v) is 7.76. The lowest BCUT2D eigenvalue weighted by Crippen LogP contribution is -2.46.